The Hall–Kier alpha value is -1.43. The number of benzene rings is 2. The molecular formula is C30H52MgN6O2. The first kappa shape index (κ1) is 37.6. The van der Waals surface area contributed by atoms with Crippen LogP contribution in [0.15, 0.2) is 24.3 Å². The van der Waals surface area contributed by atoms with Crippen LogP contribution in [0.1, 0.15) is 33.4 Å². The topological polar surface area (TPSA) is 65.6 Å². The molecular weight excluding hydrogens is 501 g/mol. The van der Waals surface area contributed by atoms with Crippen molar-refractivity contribution >= 4 is 23.1 Å². The minimum absolute atomic E-state index is 0. The molecule has 0 aliphatic heterocycles. The van der Waals surface area contributed by atoms with Crippen LogP contribution in [0.25, 0.3) is 0 Å². The van der Waals surface area contributed by atoms with Gasteiger partial charge in [-0.25, -0.2) is 0 Å². The number of hydrogen-bond donors (Lipinski definition) is 0. The van der Waals surface area contributed by atoms with Crippen molar-refractivity contribution in [2.24, 2.45) is 0 Å². The smallest absolute Gasteiger partial charge is 0.872 e. The summed E-state index contributed by atoms with van der Waals surface area (Å²) in [7, 11) is 24.1. The summed E-state index contributed by atoms with van der Waals surface area (Å²) < 4.78 is 0. The molecule has 2 aromatic rings. The zero-order chi connectivity index (χ0) is 29.2. The second-order valence-corrected chi connectivity index (χ2v) is 11.9. The van der Waals surface area contributed by atoms with Crippen LogP contribution >= 0.6 is 0 Å². The van der Waals surface area contributed by atoms with Crippen molar-refractivity contribution in [1.29, 1.82) is 0 Å². The summed E-state index contributed by atoms with van der Waals surface area (Å²) in [4.78, 5) is 12.4. The van der Waals surface area contributed by atoms with Crippen molar-refractivity contribution in [2.75, 3.05) is 84.6 Å². The molecule has 0 N–H and O–H groups in total. The predicted octanol–water partition coefficient (Wildman–Crippen LogP) is 1.51. The van der Waals surface area contributed by atoms with E-state index < -0.39 is 0 Å². The molecule has 0 fully saturated rings. The summed E-state index contributed by atoms with van der Waals surface area (Å²) in [6, 6.07) is 8.17. The third kappa shape index (κ3) is 14.7. The second-order valence-electron chi connectivity index (χ2n) is 11.9. The van der Waals surface area contributed by atoms with Gasteiger partial charge in [-0.3, -0.25) is 0 Å². The van der Waals surface area contributed by atoms with E-state index in [4.69, 9.17) is 0 Å². The van der Waals surface area contributed by atoms with Crippen LogP contribution in [-0.2, 0) is 39.3 Å². The summed E-state index contributed by atoms with van der Waals surface area (Å²) in [6.07, 6.45) is 0. The molecule has 0 aliphatic carbocycles. The summed E-state index contributed by atoms with van der Waals surface area (Å²) in [6.45, 7) is 4.50. The maximum absolute atomic E-state index is 12.4. The standard InChI is InChI=1S/2C15H27N3O.Mg/c2*1-16(2)9-12-7-13(10-17(3)4)15(19)14(8-12)11-18(5)6;/h2*7-8,19H,9-11H2,1-6H3;/q;;+2/p-2. The zero-order valence-corrected chi connectivity index (χ0v) is 28.2. The molecule has 0 amide bonds. The second kappa shape index (κ2) is 18.1. The van der Waals surface area contributed by atoms with E-state index in [1.165, 1.54) is 11.1 Å². The van der Waals surface area contributed by atoms with E-state index >= 15 is 0 Å². The van der Waals surface area contributed by atoms with Crippen LogP contribution in [0.2, 0.25) is 0 Å². The fourth-order valence-corrected chi connectivity index (χ4v) is 4.40. The molecule has 0 heterocycles. The normalized spacial score (nSPS) is 11.5. The van der Waals surface area contributed by atoms with Crippen LogP contribution in [0, 0.1) is 0 Å². The molecule has 0 bridgehead atoms. The minimum atomic E-state index is 0. The Bertz CT molecular complexity index is 852. The van der Waals surface area contributed by atoms with Gasteiger partial charge in [0.2, 0.25) is 0 Å². The van der Waals surface area contributed by atoms with Crippen LogP contribution < -0.4 is 10.2 Å². The van der Waals surface area contributed by atoms with Crippen LogP contribution in [-0.4, -0.2) is 137 Å². The van der Waals surface area contributed by atoms with E-state index in [-0.39, 0.29) is 34.6 Å². The average molecular weight is 553 g/mol. The van der Waals surface area contributed by atoms with Crippen molar-refractivity contribution in [3.05, 3.63) is 57.6 Å². The monoisotopic (exact) mass is 552 g/mol. The van der Waals surface area contributed by atoms with Crippen LogP contribution in [0.4, 0.5) is 0 Å². The fourth-order valence-electron chi connectivity index (χ4n) is 4.40. The molecule has 0 atom stereocenters. The van der Waals surface area contributed by atoms with E-state index in [9.17, 15) is 10.2 Å². The Morgan fingerprint density at radius 3 is 0.718 bits per heavy atom. The molecule has 216 valence electrons. The predicted molar refractivity (Wildman–Crippen MR) is 162 cm³/mol. The van der Waals surface area contributed by atoms with E-state index in [1.807, 2.05) is 128 Å². The third-order valence-electron chi connectivity index (χ3n) is 5.55. The van der Waals surface area contributed by atoms with Gasteiger partial charge in [0.1, 0.15) is 0 Å². The molecule has 0 spiro atoms. The molecule has 9 heteroatoms. The summed E-state index contributed by atoms with van der Waals surface area (Å²) in [5, 5.41) is 24.8. The van der Waals surface area contributed by atoms with Gasteiger partial charge >= 0.3 is 23.1 Å². The first-order valence-corrected chi connectivity index (χ1v) is 13.1. The minimum Gasteiger partial charge on any atom is -0.872 e. The molecule has 2 rings (SSSR count). The Kier molecular flexibility index (Phi) is 17.4. The van der Waals surface area contributed by atoms with Gasteiger partial charge in [-0.2, -0.15) is 0 Å². The molecule has 8 nitrogen and oxygen atoms in total. The third-order valence-corrected chi connectivity index (χ3v) is 5.55. The SMILES string of the molecule is CN(C)Cc1cc(CN(C)C)c([O-])c(CN(C)C)c1.CN(C)Cc1cc(CN(C)C)c([O-])c(CN(C)C)c1.[Mg+2]. The Morgan fingerprint density at radius 2 is 0.564 bits per heavy atom. The number of nitrogens with zero attached hydrogens (tertiary/aromatic N) is 6. The van der Waals surface area contributed by atoms with Gasteiger partial charge in [0, 0.05) is 39.3 Å². The van der Waals surface area contributed by atoms with Gasteiger partial charge in [0.25, 0.3) is 0 Å². The number of rotatable bonds is 12. The largest absolute Gasteiger partial charge is 2.00 e. The van der Waals surface area contributed by atoms with Crippen molar-refractivity contribution in [1.82, 2.24) is 29.4 Å². The zero-order valence-electron chi connectivity index (χ0n) is 26.8. The first-order chi connectivity index (χ1) is 17.6. The average Bonchev–Trinajstić information content (AvgIpc) is 2.73. The summed E-state index contributed by atoms with van der Waals surface area (Å²) in [5.74, 6) is 0.370. The van der Waals surface area contributed by atoms with Gasteiger partial charge in [0.05, 0.1) is 0 Å². The molecule has 39 heavy (non-hydrogen) atoms. The molecule has 0 aromatic heterocycles. The summed E-state index contributed by atoms with van der Waals surface area (Å²) in [5.41, 5.74) is 5.97. The Balaban J connectivity index is 0.000000722. The van der Waals surface area contributed by atoms with Crippen molar-refractivity contribution in [3.8, 4) is 11.5 Å². The molecule has 0 saturated carbocycles. The van der Waals surface area contributed by atoms with E-state index in [0.29, 0.717) is 26.2 Å². The van der Waals surface area contributed by atoms with Gasteiger partial charge in [0.15, 0.2) is 0 Å². The maximum atomic E-state index is 12.4. The molecule has 2 aromatic carbocycles. The van der Waals surface area contributed by atoms with Crippen LogP contribution in [0.5, 0.6) is 11.5 Å². The van der Waals surface area contributed by atoms with Crippen LogP contribution in [0.3, 0.4) is 0 Å². The summed E-state index contributed by atoms with van der Waals surface area (Å²) >= 11 is 0. The van der Waals surface area contributed by atoms with Gasteiger partial charge in [-0.05, 0) is 118 Å². The fraction of sp³-hybridized carbons (Fsp3) is 0.600. The van der Waals surface area contributed by atoms with E-state index in [0.717, 1.165) is 35.3 Å². The maximum Gasteiger partial charge on any atom is 2.00 e. The number of hydrogen-bond acceptors (Lipinski definition) is 8. The van der Waals surface area contributed by atoms with Gasteiger partial charge < -0.3 is 39.6 Å². The molecule has 0 unspecified atom stereocenters. The molecule has 0 aliphatic rings. The van der Waals surface area contributed by atoms with Crippen molar-refractivity contribution in [3.63, 3.8) is 0 Å². The van der Waals surface area contributed by atoms with Gasteiger partial charge in [-0.15, -0.1) is 0 Å². The first-order valence-electron chi connectivity index (χ1n) is 13.1. The van der Waals surface area contributed by atoms with Gasteiger partial charge in [-0.1, -0.05) is 35.8 Å². The quantitative estimate of drug-likeness (QED) is 0.367. The molecule has 0 saturated heterocycles. The Morgan fingerprint density at radius 1 is 0.385 bits per heavy atom. The van der Waals surface area contributed by atoms with Crippen molar-refractivity contribution in [2.45, 2.75) is 39.3 Å². The van der Waals surface area contributed by atoms with Crippen molar-refractivity contribution < 1.29 is 10.2 Å². The Labute approximate surface area is 254 Å². The molecule has 0 radical (unpaired) electrons. The van der Waals surface area contributed by atoms with E-state index in [2.05, 4.69) is 9.80 Å². The van der Waals surface area contributed by atoms with E-state index in [1.54, 1.807) is 0 Å².